The molecule has 0 saturated heterocycles. The summed E-state index contributed by atoms with van der Waals surface area (Å²) in [5.41, 5.74) is 3.08. The average Bonchev–Trinajstić information content (AvgIpc) is 2.48. The molecule has 1 amide bonds. The van der Waals surface area contributed by atoms with Gasteiger partial charge in [0, 0.05) is 28.7 Å². The van der Waals surface area contributed by atoms with E-state index in [1.54, 1.807) is 18.2 Å². The van der Waals surface area contributed by atoms with Gasteiger partial charge in [-0.3, -0.25) is 9.10 Å². The van der Waals surface area contributed by atoms with Gasteiger partial charge in [0.1, 0.15) is 0 Å². The van der Waals surface area contributed by atoms with Gasteiger partial charge in [0.15, 0.2) is 0 Å². The summed E-state index contributed by atoms with van der Waals surface area (Å²) < 4.78 is 25.7. The van der Waals surface area contributed by atoms with E-state index < -0.39 is 10.0 Å². The van der Waals surface area contributed by atoms with Crippen molar-refractivity contribution < 1.29 is 13.2 Å². The van der Waals surface area contributed by atoms with Gasteiger partial charge >= 0.3 is 0 Å². The maximum absolute atomic E-state index is 12.2. The van der Waals surface area contributed by atoms with Crippen LogP contribution in [0.5, 0.6) is 0 Å². The minimum atomic E-state index is -3.45. The Bertz CT molecular complexity index is 905. The van der Waals surface area contributed by atoms with Gasteiger partial charge in [0.2, 0.25) is 15.9 Å². The second kappa shape index (κ2) is 8.95. The molecule has 2 rings (SSSR count). The number of nitrogens with zero attached hydrogens (tertiary/aromatic N) is 1. The molecule has 0 spiro atoms. The zero-order chi connectivity index (χ0) is 20.2. The Morgan fingerprint density at radius 2 is 1.56 bits per heavy atom. The monoisotopic (exact) mass is 428 g/mol. The number of carbonyl (C=O) groups is 1. The third-order valence-electron chi connectivity index (χ3n) is 3.81. The van der Waals surface area contributed by atoms with Crippen molar-refractivity contribution >= 4 is 50.5 Å². The van der Waals surface area contributed by atoms with E-state index in [1.807, 2.05) is 32.0 Å². The van der Waals surface area contributed by atoms with E-state index in [0.717, 1.165) is 11.1 Å². The summed E-state index contributed by atoms with van der Waals surface area (Å²) in [5.74, 6) is -0.234. The molecule has 0 aliphatic carbocycles. The standard InChI is InChI=1S/C19H22Cl2N2O3S/c1-13-7-14(2)9-18(8-13)23(27(3,25)26)6-4-5-19(24)22-17-11-15(20)10-16(21)12-17/h7-12H,4-6H2,1-3H3,(H,22,24). The minimum Gasteiger partial charge on any atom is -0.326 e. The van der Waals surface area contributed by atoms with E-state index in [4.69, 9.17) is 23.2 Å². The third kappa shape index (κ3) is 6.72. The lowest BCUT2D eigenvalue weighted by atomic mass is 10.1. The Morgan fingerprint density at radius 1 is 1.00 bits per heavy atom. The largest absolute Gasteiger partial charge is 0.326 e. The maximum atomic E-state index is 12.2. The Morgan fingerprint density at radius 3 is 2.07 bits per heavy atom. The van der Waals surface area contributed by atoms with Crippen LogP contribution in [0.1, 0.15) is 24.0 Å². The van der Waals surface area contributed by atoms with Gasteiger partial charge in [-0.25, -0.2) is 8.42 Å². The van der Waals surface area contributed by atoms with Crippen LogP contribution < -0.4 is 9.62 Å². The van der Waals surface area contributed by atoms with E-state index in [9.17, 15) is 13.2 Å². The van der Waals surface area contributed by atoms with Crippen LogP contribution in [0.4, 0.5) is 11.4 Å². The van der Waals surface area contributed by atoms with Gasteiger partial charge in [-0.15, -0.1) is 0 Å². The second-order valence-electron chi connectivity index (χ2n) is 6.49. The molecular weight excluding hydrogens is 407 g/mol. The van der Waals surface area contributed by atoms with Crippen LogP contribution in [-0.4, -0.2) is 27.1 Å². The number of anilines is 2. The second-order valence-corrected chi connectivity index (χ2v) is 9.27. The fourth-order valence-corrected chi connectivity index (χ4v) is 4.29. The fourth-order valence-electron chi connectivity index (χ4n) is 2.81. The van der Waals surface area contributed by atoms with Crippen molar-refractivity contribution in [1.82, 2.24) is 0 Å². The molecule has 27 heavy (non-hydrogen) atoms. The zero-order valence-corrected chi connectivity index (χ0v) is 17.7. The molecule has 0 aromatic heterocycles. The van der Waals surface area contributed by atoms with Crippen molar-refractivity contribution in [2.45, 2.75) is 26.7 Å². The third-order valence-corrected chi connectivity index (χ3v) is 5.44. The lowest BCUT2D eigenvalue weighted by Crippen LogP contribution is -2.31. The molecule has 0 aliphatic rings. The molecule has 0 unspecified atom stereocenters. The molecule has 5 nitrogen and oxygen atoms in total. The Hall–Kier alpha value is -1.76. The number of aryl methyl sites for hydroxylation is 2. The Kier molecular flexibility index (Phi) is 7.14. The van der Waals surface area contributed by atoms with Gasteiger partial charge in [0.25, 0.3) is 0 Å². The van der Waals surface area contributed by atoms with Crippen molar-refractivity contribution in [1.29, 1.82) is 0 Å². The number of carbonyl (C=O) groups excluding carboxylic acids is 1. The number of benzene rings is 2. The molecule has 8 heteroatoms. The first-order valence-corrected chi connectivity index (χ1v) is 11.0. The smallest absolute Gasteiger partial charge is 0.232 e. The highest BCUT2D eigenvalue weighted by molar-refractivity contribution is 7.92. The molecule has 0 saturated carbocycles. The fraction of sp³-hybridized carbons (Fsp3) is 0.316. The number of rotatable bonds is 7. The first kappa shape index (κ1) is 21.5. The van der Waals surface area contributed by atoms with E-state index in [1.165, 1.54) is 10.6 Å². The van der Waals surface area contributed by atoms with Crippen molar-refractivity contribution in [2.75, 3.05) is 22.4 Å². The molecule has 1 N–H and O–H groups in total. The summed E-state index contributed by atoms with van der Waals surface area (Å²) in [6, 6.07) is 10.4. The molecule has 2 aromatic rings. The molecule has 0 atom stereocenters. The van der Waals surface area contributed by atoms with Crippen molar-refractivity contribution in [2.24, 2.45) is 0 Å². The number of nitrogens with one attached hydrogen (secondary N) is 1. The quantitative estimate of drug-likeness (QED) is 0.688. The number of hydrogen-bond donors (Lipinski definition) is 1. The van der Waals surface area contributed by atoms with Crippen molar-refractivity contribution in [3.8, 4) is 0 Å². The van der Waals surface area contributed by atoms with Crippen molar-refractivity contribution in [3.63, 3.8) is 0 Å². The summed E-state index contributed by atoms with van der Waals surface area (Å²) >= 11 is 11.8. The van der Waals surface area contributed by atoms with Gasteiger partial charge < -0.3 is 5.32 Å². The van der Waals surface area contributed by atoms with E-state index >= 15 is 0 Å². The number of sulfonamides is 1. The van der Waals surface area contributed by atoms with Gasteiger partial charge in [-0.1, -0.05) is 29.3 Å². The highest BCUT2D eigenvalue weighted by Crippen LogP contribution is 2.24. The van der Waals surface area contributed by atoms with E-state index in [0.29, 0.717) is 27.8 Å². The van der Waals surface area contributed by atoms with Crippen LogP contribution >= 0.6 is 23.2 Å². The SMILES string of the molecule is Cc1cc(C)cc(N(CCCC(=O)Nc2cc(Cl)cc(Cl)c2)S(C)(=O)=O)c1. The molecule has 0 bridgehead atoms. The topological polar surface area (TPSA) is 66.5 Å². The van der Waals surface area contributed by atoms with E-state index in [-0.39, 0.29) is 18.9 Å². The Balaban J connectivity index is 2.02. The predicted octanol–water partition coefficient (Wildman–Crippen LogP) is 4.80. The highest BCUT2D eigenvalue weighted by Gasteiger charge is 2.18. The molecule has 0 radical (unpaired) electrons. The summed E-state index contributed by atoms with van der Waals surface area (Å²) in [4.78, 5) is 12.1. The highest BCUT2D eigenvalue weighted by atomic mass is 35.5. The minimum absolute atomic E-state index is 0.168. The van der Waals surface area contributed by atoms with Crippen LogP contribution in [0.15, 0.2) is 36.4 Å². The number of hydrogen-bond acceptors (Lipinski definition) is 3. The average molecular weight is 429 g/mol. The van der Waals surface area contributed by atoms with Gasteiger partial charge in [0.05, 0.1) is 11.9 Å². The van der Waals surface area contributed by atoms with Crippen LogP contribution in [-0.2, 0) is 14.8 Å². The maximum Gasteiger partial charge on any atom is 0.232 e. The predicted molar refractivity (Wildman–Crippen MR) is 112 cm³/mol. The van der Waals surface area contributed by atoms with Crippen molar-refractivity contribution in [3.05, 3.63) is 57.6 Å². The summed E-state index contributed by atoms with van der Waals surface area (Å²) in [6.07, 6.45) is 1.71. The van der Waals surface area contributed by atoms with Crippen LogP contribution in [0.25, 0.3) is 0 Å². The molecule has 0 aliphatic heterocycles. The number of halogens is 2. The first-order chi connectivity index (χ1) is 12.5. The molecule has 0 fully saturated rings. The molecule has 0 heterocycles. The van der Waals surface area contributed by atoms with Crippen LogP contribution in [0, 0.1) is 13.8 Å². The number of amides is 1. The molecular formula is C19H22Cl2N2O3S. The Labute approximate surface area is 170 Å². The van der Waals surface area contributed by atoms with Crippen LogP contribution in [0.3, 0.4) is 0 Å². The summed E-state index contributed by atoms with van der Waals surface area (Å²) in [7, 11) is -3.45. The lowest BCUT2D eigenvalue weighted by Gasteiger charge is -2.23. The first-order valence-electron chi connectivity index (χ1n) is 8.36. The lowest BCUT2D eigenvalue weighted by molar-refractivity contribution is -0.116. The molecule has 146 valence electrons. The van der Waals surface area contributed by atoms with Gasteiger partial charge in [-0.05, 0) is 61.7 Å². The van der Waals surface area contributed by atoms with Gasteiger partial charge in [-0.2, -0.15) is 0 Å². The van der Waals surface area contributed by atoms with Crippen LogP contribution in [0.2, 0.25) is 10.0 Å². The normalized spacial score (nSPS) is 11.3. The van der Waals surface area contributed by atoms with E-state index in [2.05, 4.69) is 5.32 Å². The summed E-state index contributed by atoms with van der Waals surface area (Å²) in [6.45, 7) is 4.05. The summed E-state index contributed by atoms with van der Waals surface area (Å²) in [5, 5.41) is 3.57. The molecule has 2 aromatic carbocycles. The zero-order valence-electron chi connectivity index (χ0n) is 15.4.